The molecular weight excluding hydrogens is 270 g/mol. The lowest BCUT2D eigenvalue weighted by Crippen LogP contribution is -1.92. The number of fused-ring (bicyclic) bond motifs is 2. The molecule has 0 saturated heterocycles. The van der Waals surface area contributed by atoms with Crippen molar-refractivity contribution in [3.05, 3.63) is 72.9 Å². The average Bonchev–Trinajstić information content (AvgIpc) is 2.60. The van der Waals surface area contributed by atoms with E-state index in [2.05, 4.69) is 53.5 Å². The maximum Gasteiger partial charge on any atom is 0.137 e. The van der Waals surface area contributed by atoms with E-state index in [9.17, 15) is 0 Å². The molecule has 2 heteroatoms. The molecule has 0 amide bonds. The predicted molar refractivity (Wildman–Crippen MR) is 91.2 cm³/mol. The van der Waals surface area contributed by atoms with Crippen LogP contribution < -0.4 is 4.74 Å². The second-order valence-corrected chi connectivity index (χ2v) is 5.25. The van der Waals surface area contributed by atoms with Crippen LogP contribution in [0.5, 0.6) is 5.75 Å². The van der Waals surface area contributed by atoms with Crippen LogP contribution >= 0.6 is 0 Å². The molecule has 0 fully saturated rings. The van der Waals surface area contributed by atoms with E-state index >= 15 is 0 Å². The molecule has 1 aromatic heterocycles. The highest BCUT2D eigenvalue weighted by Crippen LogP contribution is 2.38. The molecule has 106 valence electrons. The Morgan fingerprint density at radius 3 is 2.32 bits per heavy atom. The van der Waals surface area contributed by atoms with Gasteiger partial charge < -0.3 is 4.74 Å². The SMILES string of the molecule is COc1c(-c2cccc3ccccc23)cnc2ccccc12. The summed E-state index contributed by atoms with van der Waals surface area (Å²) in [6.07, 6.45) is 1.91. The topological polar surface area (TPSA) is 22.1 Å². The van der Waals surface area contributed by atoms with Crippen molar-refractivity contribution in [3.8, 4) is 16.9 Å². The second kappa shape index (κ2) is 5.15. The van der Waals surface area contributed by atoms with Crippen LogP contribution in [0.3, 0.4) is 0 Å². The van der Waals surface area contributed by atoms with Crippen molar-refractivity contribution in [2.75, 3.05) is 7.11 Å². The van der Waals surface area contributed by atoms with Gasteiger partial charge in [0.1, 0.15) is 5.75 Å². The number of hydrogen-bond donors (Lipinski definition) is 0. The number of para-hydroxylation sites is 1. The van der Waals surface area contributed by atoms with E-state index in [-0.39, 0.29) is 0 Å². The Morgan fingerprint density at radius 1 is 0.727 bits per heavy atom. The third-order valence-corrected chi connectivity index (χ3v) is 4.01. The molecule has 0 aliphatic heterocycles. The van der Waals surface area contributed by atoms with Gasteiger partial charge in [0.2, 0.25) is 0 Å². The Balaban J connectivity index is 2.08. The molecule has 0 saturated carbocycles. The van der Waals surface area contributed by atoms with Crippen LogP contribution in [-0.2, 0) is 0 Å². The third-order valence-electron chi connectivity index (χ3n) is 4.01. The minimum absolute atomic E-state index is 0.877. The van der Waals surface area contributed by atoms with Crippen molar-refractivity contribution in [3.63, 3.8) is 0 Å². The van der Waals surface area contributed by atoms with Crippen LogP contribution in [0.1, 0.15) is 0 Å². The zero-order valence-electron chi connectivity index (χ0n) is 12.3. The molecule has 0 spiro atoms. The second-order valence-electron chi connectivity index (χ2n) is 5.25. The predicted octanol–water partition coefficient (Wildman–Crippen LogP) is 5.06. The first-order chi connectivity index (χ1) is 10.9. The summed E-state index contributed by atoms with van der Waals surface area (Å²) in [4.78, 5) is 4.59. The molecule has 0 unspecified atom stereocenters. The quantitative estimate of drug-likeness (QED) is 0.513. The van der Waals surface area contributed by atoms with Crippen molar-refractivity contribution in [1.29, 1.82) is 0 Å². The van der Waals surface area contributed by atoms with Gasteiger partial charge in [0.25, 0.3) is 0 Å². The summed E-state index contributed by atoms with van der Waals surface area (Å²) in [7, 11) is 1.72. The van der Waals surface area contributed by atoms with Crippen LogP contribution in [0.4, 0.5) is 0 Å². The smallest absolute Gasteiger partial charge is 0.137 e. The molecule has 0 aliphatic rings. The number of ether oxygens (including phenoxy) is 1. The van der Waals surface area contributed by atoms with Crippen molar-refractivity contribution in [2.24, 2.45) is 0 Å². The molecule has 0 bridgehead atoms. The van der Waals surface area contributed by atoms with Gasteiger partial charge in [-0.05, 0) is 28.5 Å². The highest BCUT2D eigenvalue weighted by molar-refractivity contribution is 6.01. The largest absolute Gasteiger partial charge is 0.495 e. The zero-order chi connectivity index (χ0) is 14.9. The van der Waals surface area contributed by atoms with E-state index in [1.807, 2.05) is 24.4 Å². The van der Waals surface area contributed by atoms with Gasteiger partial charge in [0, 0.05) is 17.1 Å². The summed E-state index contributed by atoms with van der Waals surface area (Å²) in [6.45, 7) is 0. The molecule has 0 aliphatic carbocycles. The first kappa shape index (κ1) is 12.8. The lowest BCUT2D eigenvalue weighted by atomic mass is 9.97. The Labute approximate surface area is 129 Å². The summed E-state index contributed by atoms with van der Waals surface area (Å²) >= 11 is 0. The van der Waals surface area contributed by atoms with Crippen LogP contribution in [0.2, 0.25) is 0 Å². The van der Waals surface area contributed by atoms with Crippen molar-refractivity contribution in [1.82, 2.24) is 4.98 Å². The molecule has 1 heterocycles. The molecule has 4 aromatic rings. The minimum Gasteiger partial charge on any atom is -0.495 e. The van der Waals surface area contributed by atoms with E-state index in [0.29, 0.717) is 0 Å². The molecule has 4 rings (SSSR count). The summed E-state index contributed by atoms with van der Waals surface area (Å²) in [5.74, 6) is 0.877. The fraction of sp³-hybridized carbons (Fsp3) is 0.0500. The first-order valence-electron chi connectivity index (χ1n) is 7.28. The normalized spacial score (nSPS) is 11.0. The number of nitrogens with zero attached hydrogens (tertiary/aromatic N) is 1. The van der Waals surface area contributed by atoms with E-state index in [1.54, 1.807) is 7.11 Å². The van der Waals surface area contributed by atoms with Crippen LogP contribution in [0.25, 0.3) is 32.8 Å². The molecule has 0 atom stereocenters. The van der Waals surface area contributed by atoms with E-state index < -0.39 is 0 Å². The van der Waals surface area contributed by atoms with Crippen LogP contribution in [-0.4, -0.2) is 12.1 Å². The van der Waals surface area contributed by atoms with Gasteiger partial charge >= 0.3 is 0 Å². The van der Waals surface area contributed by atoms with Gasteiger partial charge in [-0.1, -0.05) is 54.6 Å². The van der Waals surface area contributed by atoms with Crippen LogP contribution in [0.15, 0.2) is 72.9 Å². The van der Waals surface area contributed by atoms with E-state index in [1.165, 1.54) is 10.8 Å². The third kappa shape index (κ3) is 1.92. The van der Waals surface area contributed by atoms with E-state index in [0.717, 1.165) is 27.8 Å². The first-order valence-corrected chi connectivity index (χ1v) is 7.28. The number of rotatable bonds is 2. The summed E-state index contributed by atoms with van der Waals surface area (Å²) < 4.78 is 5.72. The van der Waals surface area contributed by atoms with Gasteiger partial charge in [0.15, 0.2) is 0 Å². The number of hydrogen-bond acceptors (Lipinski definition) is 2. The number of methoxy groups -OCH3 is 1. The standard InChI is InChI=1S/C20H15NO/c1-22-20-17-10-4-5-12-19(17)21-13-18(20)16-11-6-8-14-7-2-3-9-15(14)16/h2-13H,1H3. The number of pyridine rings is 1. The Morgan fingerprint density at radius 2 is 1.45 bits per heavy atom. The summed E-state index contributed by atoms with van der Waals surface area (Å²) in [5, 5.41) is 3.46. The number of aromatic nitrogens is 1. The highest BCUT2D eigenvalue weighted by Gasteiger charge is 2.13. The Kier molecular flexibility index (Phi) is 3.01. The highest BCUT2D eigenvalue weighted by atomic mass is 16.5. The summed E-state index contributed by atoms with van der Waals surface area (Å²) in [5.41, 5.74) is 3.12. The zero-order valence-corrected chi connectivity index (χ0v) is 12.3. The maximum absolute atomic E-state index is 5.72. The maximum atomic E-state index is 5.72. The van der Waals surface area contributed by atoms with E-state index in [4.69, 9.17) is 4.74 Å². The van der Waals surface area contributed by atoms with Gasteiger partial charge in [0.05, 0.1) is 12.6 Å². The molecule has 3 aromatic carbocycles. The van der Waals surface area contributed by atoms with Gasteiger partial charge in [-0.25, -0.2) is 0 Å². The average molecular weight is 285 g/mol. The molecule has 22 heavy (non-hydrogen) atoms. The fourth-order valence-electron chi connectivity index (χ4n) is 2.99. The lowest BCUT2D eigenvalue weighted by Gasteiger charge is -2.13. The van der Waals surface area contributed by atoms with Crippen molar-refractivity contribution < 1.29 is 4.74 Å². The van der Waals surface area contributed by atoms with Crippen molar-refractivity contribution in [2.45, 2.75) is 0 Å². The molecule has 0 radical (unpaired) electrons. The monoisotopic (exact) mass is 285 g/mol. The van der Waals surface area contributed by atoms with Gasteiger partial charge in [-0.2, -0.15) is 0 Å². The number of benzene rings is 3. The molecule has 0 N–H and O–H groups in total. The summed E-state index contributed by atoms with van der Waals surface area (Å²) in [6, 6.07) is 22.8. The van der Waals surface area contributed by atoms with Gasteiger partial charge in [-0.3, -0.25) is 4.98 Å². The minimum atomic E-state index is 0.877. The molecular formula is C20H15NO. The Hall–Kier alpha value is -2.87. The van der Waals surface area contributed by atoms with Gasteiger partial charge in [-0.15, -0.1) is 0 Å². The Bertz CT molecular complexity index is 970. The fourth-order valence-corrected chi connectivity index (χ4v) is 2.99. The molecule has 2 nitrogen and oxygen atoms in total. The van der Waals surface area contributed by atoms with Crippen LogP contribution in [0, 0.1) is 0 Å². The lowest BCUT2D eigenvalue weighted by molar-refractivity contribution is 0.421. The van der Waals surface area contributed by atoms with Crippen molar-refractivity contribution >= 4 is 21.7 Å².